The van der Waals surface area contributed by atoms with E-state index in [9.17, 15) is 9.59 Å². The van der Waals surface area contributed by atoms with Gasteiger partial charge in [0, 0.05) is 19.8 Å². The van der Waals surface area contributed by atoms with Crippen molar-refractivity contribution in [3.63, 3.8) is 0 Å². The monoisotopic (exact) mass is 290 g/mol. The highest BCUT2D eigenvalue weighted by atomic mass is 16.5. The molecule has 1 aromatic rings. The predicted octanol–water partition coefficient (Wildman–Crippen LogP) is 0.451. The van der Waals surface area contributed by atoms with Crippen LogP contribution >= 0.6 is 0 Å². The third-order valence-electron chi connectivity index (χ3n) is 2.62. The first-order valence-electron chi connectivity index (χ1n) is 6.56. The Balaban J connectivity index is 2.76. The lowest BCUT2D eigenvalue weighted by atomic mass is 10.1. The largest absolute Gasteiger partial charge is 0.466 e. The quantitative estimate of drug-likeness (QED) is 0.629. The topological polar surface area (TPSA) is 79.7 Å². The minimum Gasteiger partial charge on any atom is -0.466 e. The fraction of sp³-hybridized carbons (Fsp3) is 0.400. The van der Waals surface area contributed by atoms with Gasteiger partial charge in [0.2, 0.25) is 0 Å². The van der Waals surface area contributed by atoms with Crippen molar-refractivity contribution in [3.05, 3.63) is 29.6 Å². The maximum absolute atomic E-state index is 12.3. The van der Waals surface area contributed by atoms with Crippen molar-refractivity contribution >= 4 is 11.9 Å². The van der Waals surface area contributed by atoms with Crippen LogP contribution in [0.25, 0.3) is 0 Å². The average molecular weight is 290 g/mol. The summed E-state index contributed by atoms with van der Waals surface area (Å²) in [5, 5.41) is 8.72. The Kier molecular flexibility index (Phi) is 6.92. The molecular weight excluding hydrogens is 272 g/mol. The molecule has 0 radical (unpaired) electrons. The van der Waals surface area contributed by atoms with Crippen LogP contribution in [0.1, 0.15) is 29.4 Å². The van der Waals surface area contributed by atoms with E-state index in [1.807, 2.05) is 0 Å². The van der Waals surface area contributed by atoms with Gasteiger partial charge in [0.1, 0.15) is 12.3 Å². The Labute approximate surface area is 123 Å². The zero-order chi connectivity index (χ0) is 15.7. The molecule has 1 heterocycles. The molecule has 1 N–H and O–H groups in total. The molecule has 0 aromatic carbocycles. The number of carbonyl (C=O) groups is 2. The summed E-state index contributed by atoms with van der Waals surface area (Å²) >= 11 is 0. The fourth-order valence-electron chi connectivity index (χ4n) is 1.59. The summed E-state index contributed by atoms with van der Waals surface area (Å²) in [5.74, 6) is 4.49. The number of aliphatic hydroxyl groups is 1. The van der Waals surface area contributed by atoms with Crippen LogP contribution in [0.4, 0.5) is 0 Å². The average Bonchev–Trinajstić information content (AvgIpc) is 2.50. The van der Waals surface area contributed by atoms with Gasteiger partial charge in [0.05, 0.1) is 18.6 Å². The molecule has 1 aromatic heterocycles. The smallest absolute Gasteiger partial charge is 0.307 e. The molecule has 1 rings (SSSR count). The number of amides is 1. The molecule has 6 nitrogen and oxygen atoms in total. The van der Waals surface area contributed by atoms with Crippen LogP contribution in [0.3, 0.4) is 0 Å². The summed E-state index contributed by atoms with van der Waals surface area (Å²) in [7, 11) is 1.58. The standard InChI is InChI=1S/C15H18N2O4/c1-3-21-13(19)8-10-17(2)15(20)14-12(7-5-11-18)6-4-9-16-14/h4,6,9,18H,3,8,10-11H2,1-2H3. The van der Waals surface area contributed by atoms with Gasteiger partial charge in [-0.25, -0.2) is 4.98 Å². The summed E-state index contributed by atoms with van der Waals surface area (Å²) in [6.07, 6.45) is 1.62. The molecule has 0 aliphatic rings. The summed E-state index contributed by atoms with van der Waals surface area (Å²) in [6.45, 7) is 1.99. The lowest BCUT2D eigenvalue weighted by Gasteiger charge is -2.16. The zero-order valence-electron chi connectivity index (χ0n) is 12.1. The van der Waals surface area contributed by atoms with Crippen LogP contribution in [-0.4, -0.2) is 53.7 Å². The second-order valence-electron chi connectivity index (χ2n) is 4.14. The van der Waals surface area contributed by atoms with E-state index in [1.165, 1.54) is 11.1 Å². The Morgan fingerprint density at radius 1 is 1.48 bits per heavy atom. The number of pyridine rings is 1. The predicted molar refractivity (Wildman–Crippen MR) is 76.4 cm³/mol. The van der Waals surface area contributed by atoms with Crippen LogP contribution in [0.15, 0.2) is 18.3 Å². The number of hydrogen-bond donors (Lipinski definition) is 1. The molecule has 0 saturated heterocycles. The first-order chi connectivity index (χ1) is 10.1. The molecule has 0 atom stereocenters. The van der Waals surface area contributed by atoms with Gasteiger partial charge in [0.25, 0.3) is 5.91 Å². The van der Waals surface area contributed by atoms with Gasteiger partial charge in [-0.2, -0.15) is 0 Å². The normalized spacial score (nSPS) is 9.48. The molecular formula is C15H18N2O4. The van der Waals surface area contributed by atoms with Crippen molar-refractivity contribution in [2.45, 2.75) is 13.3 Å². The Hall–Kier alpha value is -2.39. The third kappa shape index (κ3) is 5.24. The first-order valence-corrected chi connectivity index (χ1v) is 6.56. The van der Waals surface area contributed by atoms with Crippen LogP contribution < -0.4 is 0 Å². The van der Waals surface area contributed by atoms with Gasteiger partial charge in [-0.1, -0.05) is 11.8 Å². The summed E-state index contributed by atoms with van der Waals surface area (Å²) in [4.78, 5) is 29.0. The van der Waals surface area contributed by atoms with Gasteiger partial charge in [-0.3, -0.25) is 9.59 Å². The molecule has 0 aliphatic carbocycles. The third-order valence-corrected chi connectivity index (χ3v) is 2.62. The van der Waals surface area contributed by atoms with Crippen LogP contribution in [-0.2, 0) is 9.53 Å². The van der Waals surface area contributed by atoms with E-state index in [2.05, 4.69) is 16.8 Å². The maximum Gasteiger partial charge on any atom is 0.307 e. The van der Waals surface area contributed by atoms with E-state index in [0.717, 1.165) is 0 Å². The minimum absolute atomic E-state index is 0.126. The zero-order valence-corrected chi connectivity index (χ0v) is 12.1. The second kappa shape index (κ2) is 8.72. The number of esters is 1. The van der Waals surface area contributed by atoms with Gasteiger partial charge in [0.15, 0.2) is 0 Å². The SMILES string of the molecule is CCOC(=O)CCN(C)C(=O)c1ncccc1C#CCO. The van der Waals surface area contributed by atoms with E-state index in [4.69, 9.17) is 9.84 Å². The minimum atomic E-state index is -0.349. The molecule has 112 valence electrons. The molecule has 0 unspecified atom stereocenters. The van der Waals surface area contributed by atoms with Crippen LogP contribution in [0.5, 0.6) is 0 Å². The van der Waals surface area contributed by atoms with E-state index >= 15 is 0 Å². The van der Waals surface area contributed by atoms with E-state index in [1.54, 1.807) is 26.1 Å². The number of aromatic nitrogens is 1. The maximum atomic E-state index is 12.3. The van der Waals surface area contributed by atoms with Gasteiger partial charge >= 0.3 is 5.97 Å². The molecule has 0 spiro atoms. The molecule has 0 saturated carbocycles. The lowest BCUT2D eigenvalue weighted by molar-refractivity contribution is -0.143. The number of nitrogens with zero attached hydrogens (tertiary/aromatic N) is 2. The van der Waals surface area contributed by atoms with Crippen molar-refractivity contribution < 1.29 is 19.4 Å². The number of hydrogen-bond acceptors (Lipinski definition) is 5. The van der Waals surface area contributed by atoms with Crippen LogP contribution in [0, 0.1) is 11.8 Å². The van der Waals surface area contributed by atoms with Crippen molar-refractivity contribution in [1.29, 1.82) is 0 Å². The van der Waals surface area contributed by atoms with Crippen LogP contribution in [0.2, 0.25) is 0 Å². The summed E-state index contributed by atoms with van der Waals surface area (Å²) in [5.41, 5.74) is 0.643. The summed E-state index contributed by atoms with van der Waals surface area (Å²) in [6, 6.07) is 3.32. The van der Waals surface area contributed by atoms with Crippen molar-refractivity contribution in [2.75, 3.05) is 26.8 Å². The molecule has 6 heteroatoms. The number of carbonyl (C=O) groups excluding carboxylic acids is 2. The van der Waals surface area contributed by atoms with Gasteiger partial charge in [-0.15, -0.1) is 0 Å². The van der Waals surface area contributed by atoms with Crippen molar-refractivity contribution in [3.8, 4) is 11.8 Å². The Bertz CT molecular complexity index is 560. The number of ether oxygens (including phenoxy) is 1. The van der Waals surface area contributed by atoms with Gasteiger partial charge in [-0.05, 0) is 19.1 Å². The van der Waals surface area contributed by atoms with E-state index in [-0.39, 0.29) is 37.1 Å². The highest BCUT2D eigenvalue weighted by molar-refractivity contribution is 5.94. The molecule has 0 aliphatic heterocycles. The highest BCUT2D eigenvalue weighted by Gasteiger charge is 2.17. The number of rotatable bonds is 5. The van der Waals surface area contributed by atoms with E-state index in [0.29, 0.717) is 12.2 Å². The van der Waals surface area contributed by atoms with Crippen molar-refractivity contribution in [1.82, 2.24) is 9.88 Å². The van der Waals surface area contributed by atoms with Crippen molar-refractivity contribution in [2.24, 2.45) is 0 Å². The Morgan fingerprint density at radius 3 is 2.90 bits per heavy atom. The van der Waals surface area contributed by atoms with Gasteiger partial charge < -0.3 is 14.7 Å². The fourth-order valence-corrected chi connectivity index (χ4v) is 1.59. The lowest BCUT2D eigenvalue weighted by Crippen LogP contribution is -2.30. The first kappa shape index (κ1) is 16.7. The molecule has 0 fully saturated rings. The highest BCUT2D eigenvalue weighted by Crippen LogP contribution is 2.07. The summed E-state index contributed by atoms with van der Waals surface area (Å²) < 4.78 is 4.81. The number of aliphatic hydroxyl groups excluding tert-OH is 1. The second-order valence-corrected chi connectivity index (χ2v) is 4.14. The molecule has 21 heavy (non-hydrogen) atoms. The molecule has 1 amide bonds. The Morgan fingerprint density at radius 2 is 2.24 bits per heavy atom. The molecule has 0 bridgehead atoms. The van der Waals surface area contributed by atoms with E-state index < -0.39 is 0 Å².